The highest BCUT2D eigenvalue weighted by molar-refractivity contribution is 6.33. The first-order valence-corrected chi connectivity index (χ1v) is 8.35. The first-order chi connectivity index (χ1) is 12.8. The molecule has 10 heteroatoms. The maximum atomic E-state index is 14.4. The second kappa shape index (κ2) is 7.63. The van der Waals surface area contributed by atoms with Gasteiger partial charge in [0.25, 0.3) is 5.56 Å². The van der Waals surface area contributed by atoms with Gasteiger partial charge in [0.1, 0.15) is 25.3 Å². The van der Waals surface area contributed by atoms with Crippen molar-refractivity contribution in [3.8, 4) is 5.69 Å². The summed E-state index contributed by atoms with van der Waals surface area (Å²) in [6, 6.07) is 1.86. The number of aromatic amines is 1. The highest BCUT2D eigenvalue weighted by atomic mass is 35.5. The number of carbonyl (C=O) groups is 1. The van der Waals surface area contributed by atoms with Gasteiger partial charge in [-0.2, -0.15) is 0 Å². The zero-order valence-corrected chi connectivity index (χ0v) is 15.3. The molecule has 0 radical (unpaired) electrons. The van der Waals surface area contributed by atoms with E-state index in [4.69, 9.17) is 25.8 Å². The summed E-state index contributed by atoms with van der Waals surface area (Å²) in [5.74, 6) is -1.77. The minimum absolute atomic E-state index is 0.0773. The number of benzene rings is 1. The number of aryl methyl sites for hydroxylation is 1. The van der Waals surface area contributed by atoms with Crippen molar-refractivity contribution < 1.29 is 23.4 Å². The lowest BCUT2D eigenvalue weighted by Crippen LogP contribution is -2.36. The molecule has 1 saturated heterocycles. The molecular formula is C17H16ClFN2O6. The van der Waals surface area contributed by atoms with Crippen LogP contribution in [0.1, 0.15) is 21.6 Å². The minimum Gasteiger partial charge on any atom is -0.459 e. The van der Waals surface area contributed by atoms with Crippen molar-refractivity contribution in [2.24, 2.45) is 0 Å². The van der Waals surface area contributed by atoms with Gasteiger partial charge in [0, 0.05) is 11.3 Å². The monoisotopic (exact) mass is 398 g/mol. The Kier molecular flexibility index (Phi) is 5.45. The van der Waals surface area contributed by atoms with E-state index in [2.05, 4.69) is 4.98 Å². The lowest BCUT2D eigenvalue weighted by atomic mass is 10.1. The summed E-state index contributed by atoms with van der Waals surface area (Å²) in [4.78, 5) is 39.4. The Morgan fingerprint density at radius 3 is 2.81 bits per heavy atom. The van der Waals surface area contributed by atoms with Gasteiger partial charge in [-0.15, -0.1) is 0 Å². The normalized spacial score (nSPS) is 16.5. The zero-order chi connectivity index (χ0) is 19.7. The van der Waals surface area contributed by atoms with E-state index in [1.807, 2.05) is 0 Å². The Bertz CT molecular complexity index is 1010. The molecule has 1 atom stereocenters. The second-order valence-electron chi connectivity index (χ2n) is 5.98. The van der Waals surface area contributed by atoms with Crippen molar-refractivity contribution in [1.29, 1.82) is 0 Å². The largest absolute Gasteiger partial charge is 0.459 e. The topological polar surface area (TPSA) is 99.6 Å². The maximum Gasteiger partial charge on any atom is 0.339 e. The van der Waals surface area contributed by atoms with Crippen LogP contribution in [0, 0.1) is 19.7 Å². The molecule has 1 aliphatic heterocycles. The summed E-state index contributed by atoms with van der Waals surface area (Å²) < 4.78 is 30.3. The summed E-state index contributed by atoms with van der Waals surface area (Å²) in [7, 11) is 0. The molecule has 27 heavy (non-hydrogen) atoms. The third-order valence-electron chi connectivity index (χ3n) is 4.17. The summed E-state index contributed by atoms with van der Waals surface area (Å²) in [5.41, 5.74) is -1.51. The van der Waals surface area contributed by atoms with Gasteiger partial charge in [0.2, 0.25) is 0 Å². The maximum absolute atomic E-state index is 14.4. The van der Waals surface area contributed by atoms with Crippen LogP contribution in [-0.2, 0) is 14.2 Å². The number of carbonyl (C=O) groups excluding carboxylic acids is 1. The van der Waals surface area contributed by atoms with E-state index in [1.54, 1.807) is 6.92 Å². The average molecular weight is 399 g/mol. The van der Waals surface area contributed by atoms with Crippen LogP contribution >= 0.6 is 11.6 Å². The summed E-state index contributed by atoms with van der Waals surface area (Å²) in [6.45, 7) is 3.37. The smallest absolute Gasteiger partial charge is 0.339 e. The molecular weight excluding hydrogens is 383 g/mol. The van der Waals surface area contributed by atoms with Gasteiger partial charge in [-0.25, -0.2) is 18.5 Å². The molecule has 2 heterocycles. The predicted octanol–water partition coefficient (Wildman–Crippen LogP) is 1.46. The molecule has 1 N–H and O–H groups in total. The Hall–Kier alpha value is -2.49. The van der Waals surface area contributed by atoms with Crippen LogP contribution in [0.15, 0.2) is 21.7 Å². The lowest BCUT2D eigenvalue weighted by molar-refractivity contribution is 0.00770. The Morgan fingerprint density at radius 2 is 2.15 bits per heavy atom. The number of hydrogen-bond acceptors (Lipinski definition) is 6. The Balaban J connectivity index is 2.00. The van der Waals surface area contributed by atoms with Gasteiger partial charge in [-0.3, -0.25) is 4.79 Å². The van der Waals surface area contributed by atoms with Crippen molar-refractivity contribution >= 4 is 17.6 Å². The quantitative estimate of drug-likeness (QED) is 0.783. The van der Waals surface area contributed by atoms with Crippen molar-refractivity contribution in [3.05, 3.63) is 60.6 Å². The summed E-state index contributed by atoms with van der Waals surface area (Å²) in [5, 5.41) is -0.210. The van der Waals surface area contributed by atoms with E-state index >= 15 is 0 Å². The molecule has 1 unspecified atom stereocenters. The molecule has 1 aromatic heterocycles. The Labute approximate surface area is 157 Å². The molecule has 1 aliphatic rings. The number of H-pyrrole nitrogens is 1. The van der Waals surface area contributed by atoms with E-state index in [0.717, 1.165) is 12.1 Å². The van der Waals surface area contributed by atoms with Gasteiger partial charge in [-0.05, 0) is 26.0 Å². The molecule has 3 rings (SSSR count). The van der Waals surface area contributed by atoms with Crippen LogP contribution in [0.4, 0.5) is 4.39 Å². The molecule has 144 valence electrons. The third-order valence-corrected chi connectivity index (χ3v) is 4.49. The lowest BCUT2D eigenvalue weighted by Gasteiger charge is -2.13. The fourth-order valence-corrected chi connectivity index (χ4v) is 2.76. The van der Waals surface area contributed by atoms with Crippen LogP contribution in [-0.4, -0.2) is 41.6 Å². The third kappa shape index (κ3) is 3.80. The van der Waals surface area contributed by atoms with E-state index in [1.165, 1.54) is 6.92 Å². The number of nitrogens with one attached hydrogen (secondary N) is 1. The van der Waals surface area contributed by atoms with Gasteiger partial charge < -0.3 is 19.2 Å². The first-order valence-electron chi connectivity index (χ1n) is 7.98. The average Bonchev–Trinajstić information content (AvgIpc) is 3.13. The van der Waals surface area contributed by atoms with E-state index in [9.17, 15) is 18.8 Å². The summed E-state index contributed by atoms with van der Waals surface area (Å²) in [6.07, 6.45) is -0.405. The second-order valence-corrected chi connectivity index (χ2v) is 6.39. The van der Waals surface area contributed by atoms with Crippen molar-refractivity contribution in [1.82, 2.24) is 9.55 Å². The fraction of sp³-hybridized carbons (Fsp3) is 0.353. The minimum atomic E-state index is -0.931. The van der Waals surface area contributed by atoms with Crippen molar-refractivity contribution in [2.75, 3.05) is 20.0 Å². The molecule has 0 spiro atoms. The molecule has 0 amide bonds. The van der Waals surface area contributed by atoms with Crippen LogP contribution in [0.5, 0.6) is 0 Å². The van der Waals surface area contributed by atoms with Crippen LogP contribution in [0.2, 0.25) is 5.02 Å². The van der Waals surface area contributed by atoms with Gasteiger partial charge in [0.15, 0.2) is 0 Å². The predicted molar refractivity (Wildman–Crippen MR) is 93.1 cm³/mol. The van der Waals surface area contributed by atoms with E-state index < -0.39 is 34.8 Å². The fourth-order valence-electron chi connectivity index (χ4n) is 2.53. The molecule has 1 aromatic carbocycles. The summed E-state index contributed by atoms with van der Waals surface area (Å²) >= 11 is 5.95. The molecule has 0 bridgehead atoms. The molecule has 1 fully saturated rings. The number of nitrogens with zero attached hydrogens (tertiary/aromatic N) is 1. The Morgan fingerprint density at radius 1 is 1.41 bits per heavy atom. The number of halogens is 2. The number of esters is 1. The molecule has 0 saturated carbocycles. The highest BCUT2D eigenvalue weighted by Gasteiger charge is 2.23. The van der Waals surface area contributed by atoms with E-state index in [-0.39, 0.29) is 36.2 Å². The molecule has 8 nitrogen and oxygen atoms in total. The number of ether oxygens (including phenoxy) is 3. The number of rotatable bonds is 4. The van der Waals surface area contributed by atoms with Crippen molar-refractivity contribution in [3.63, 3.8) is 0 Å². The zero-order valence-electron chi connectivity index (χ0n) is 14.5. The van der Waals surface area contributed by atoms with Gasteiger partial charge in [-0.1, -0.05) is 11.6 Å². The highest BCUT2D eigenvalue weighted by Crippen LogP contribution is 2.23. The van der Waals surface area contributed by atoms with Gasteiger partial charge in [0.05, 0.1) is 22.9 Å². The number of hydrogen-bond donors (Lipinski definition) is 1. The number of aromatic nitrogens is 2. The van der Waals surface area contributed by atoms with Crippen molar-refractivity contribution in [2.45, 2.75) is 20.0 Å². The van der Waals surface area contributed by atoms with E-state index in [0.29, 0.717) is 10.3 Å². The first kappa shape index (κ1) is 19.3. The van der Waals surface area contributed by atoms with Gasteiger partial charge >= 0.3 is 11.7 Å². The standard InChI is InChI=1S/C17H16ClFN2O6/c1-8-9(2)20-17(24)21(15(8)22)14-3-11(12(18)4-13(14)19)16(23)26-6-10-5-25-7-27-10/h3-4,10H,5-7H2,1-2H3,(H,20,24). The van der Waals surface area contributed by atoms with Crippen LogP contribution < -0.4 is 11.2 Å². The van der Waals surface area contributed by atoms with Crippen LogP contribution in [0.25, 0.3) is 5.69 Å². The SMILES string of the molecule is Cc1[nH]c(=O)n(-c2cc(C(=O)OCC3COCO3)c(Cl)cc2F)c(=O)c1C. The molecule has 2 aromatic rings. The van der Waals surface area contributed by atoms with Crippen LogP contribution in [0.3, 0.4) is 0 Å². The molecule has 0 aliphatic carbocycles.